The van der Waals surface area contributed by atoms with Crippen LogP contribution in [0.15, 0.2) is 54.9 Å². The molecule has 2 bridgehead atoms. The normalized spacial score (nSPS) is 26.2. The predicted molar refractivity (Wildman–Crippen MR) is 123 cm³/mol. The second-order valence-electron chi connectivity index (χ2n) is 9.07. The average Bonchev–Trinajstić information content (AvgIpc) is 2.84. The molecular formula is C26H27N3O3. The maximum absolute atomic E-state index is 12.7. The molecule has 1 unspecified atom stereocenters. The molecule has 164 valence electrons. The first-order valence-corrected chi connectivity index (χ1v) is 11.5. The molecule has 0 spiro atoms. The fourth-order valence-electron chi connectivity index (χ4n) is 5.44. The Balaban J connectivity index is 1.21. The summed E-state index contributed by atoms with van der Waals surface area (Å²) in [7, 11) is 0. The molecule has 2 aromatic carbocycles. The summed E-state index contributed by atoms with van der Waals surface area (Å²) in [5.74, 6) is 1.33. The van der Waals surface area contributed by atoms with Crippen LogP contribution >= 0.6 is 0 Å². The molecular weight excluding hydrogens is 402 g/mol. The van der Waals surface area contributed by atoms with E-state index in [0.717, 1.165) is 72.1 Å². The van der Waals surface area contributed by atoms with Gasteiger partial charge in [-0.2, -0.15) is 0 Å². The van der Waals surface area contributed by atoms with Crippen molar-refractivity contribution in [3.63, 3.8) is 0 Å². The maximum atomic E-state index is 12.7. The van der Waals surface area contributed by atoms with Gasteiger partial charge in [-0.25, -0.2) is 4.79 Å². The molecule has 6 heteroatoms. The Labute approximate surface area is 187 Å². The van der Waals surface area contributed by atoms with E-state index in [2.05, 4.69) is 51.6 Å². The smallest absolute Gasteiger partial charge is 0.407 e. The molecule has 4 aliphatic rings. The highest BCUT2D eigenvalue weighted by molar-refractivity contribution is 5.96. The van der Waals surface area contributed by atoms with Crippen LogP contribution in [0.3, 0.4) is 0 Å². The Kier molecular flexibility index (Phi) is 4.95. The minimum absolute atomic E-state index is 0.0139. The zero-order chi connectivity index (χ0) is 21.5. The lowest BCUT2D eigenvalue weighted by atomic mass is 9.86. The molecule has 0 radical (unpaired) electrons. The van der Waals surface area contributed by atoms with Gasteiger partial charge in [0.1, 0.15) is 11.9 Å². The molecule has 3 fully saturated rings. The van der Waals surface area contributed by atoms with Crippen molar-refractivity contribution in [3.8, 4) is 16.9 Å². The van der Waals surface area contributed by atoms with Crippen LogP contribution in [0.5, 0.6) is 5.75 Å². The van der Waals surface area contributed by atoms with E-state index >= 15 is 0 Å². The summed E-state index contributed by atoms with van der Waals surface area (Å²) in [5.41, 5.74) is 3.25. The number of pyridine rings is 1. The summed E-state index contributed by atoms with van der Waals surface area (Å²) in [6, 6.07) is 14.4. The summed E-state index contributed by atoms with van der Waals surface area (Å²) in [6.45, 7) is 3.71. The third kappa shape index (κ3) is 3.58. The molecule has 0 saturated carbocycles. The zero-order valence-electron chi connectivity index (χ0n) is 18.0. The van der Waals surface area contributed by atoms with E-state index in [1.807, 2.05) is 18.5 Å². The number of aromatic nitrogens is 1. The van der Waals surface area contributed by atoms with E-state index in [4.69, 9.17) is 9.47 Å². The molecule has 32 heavy (non-hydrogen) atoms. The number of alkyl carbamates (subject to hydrolysis) is 1. The molecule has 1 amide bonds. The van der Waals surface area contributed by atoms with Crippen molar-refractivity contribution in [3.05, 3.63) is 60.4 Å². The molecule has 3 saturated heterocycles. The molecule has 1 N–H and O–H groups in total. The number of hydrogen-bond acceptors (Lipinski definition) is 5. The summed E-state index contributed by atoms with van der Waals surface area (Å²) in [6.07, 6.45) is 6.40. The van der Waals surface area contributed by atoms with Gasteiger partial charge in [-0.3, -0.25) is 9.88 Å². The van der Waals surface area contributed by atoms with Crippen LogP contribution < -0.4 is 10.1 Å². The monoisotopic (exact) mass is 429 g/mol. The summed E-state index contributed by atoms with van der Waals surface area (Å²) >= 11 is 0. The highest BCUT2D eigenvalue weighted by Crippen LogP contribution is 2.37. The van der Waals surface area contributed by atoms with E-state index < -0.39 is 0 Å². The number of amides is 1. The van der Waals surface area contributed by atoms with Crippen LogP contribution in [0.1, 0.15) is 30.9 Å². The molecule has 0 aliphatic carbocycles. The largest absolute Gasteiger partial charge is 0.493 e. The van der Waals surface area contributed by atoms with Crippen molar-refractivity contribution in [2.24, 2.45) is 5.92 Å². The highest BCUT2D eigenvalue weighted by atomic mass is 16.6. The number of hydrogen-bond donors (Lipinski definition) is 1. The Morgan fingerprint density at radius 1 is 1.12 bits per heavy atom. The molecule has 3 aromatic rings. The quantitative estimate of drug-likeness (QED) is 0.662. The first-order chi connectivity index (χ1) is 15.7. The van der Waals surface area contributed by atoms with Gasteiger partial charge in [0.05, 0.1) is 12.6 Å². The fraction of sp³-hybridized carbons (Fsp3) is 0.385. The van der Waals surface area contributed by atoms with Crippen molar-refractivity contribution in [2.75, 3.05) is 26.2 Å². The van der Waals surface area contributed by atoms with Crippen molar-refractivity contribution >= 4 is 16.9 Å². The lowest BCUT2D eigenvalue weighted by Gasteiger charge is -2.44. The Bertz CT molecular complexity index is 1150. The van der Waals surface area contributed by atoms with Gasteiger partial charge >= 0.3 is 6.09 Å². The Morgan fingerprint density at radius 2 is 2.03 bits per heavy atom. The number of fused-ring (bicyclic) bond motifs is 5. The Hall–Kier alpha value is -3.12. The lowest BCUT2D eigenvalue weighted by molar-refractivity contribution is -0.0342. The lowest BCUT2D eigenvalue weighted by Crippen LogP contribution is -2.52. The van der Waals surface area contributed by atoms with E-state index in [1.54, 1.807) is 0 Å². The molecule has 4 aliphatic heterocycles. The summed E-state index contributed by atoms with van der Waals surface area (Å²) in [4.78, 5) is 19.3. The zero-order valence-corrected chi connectivity index (χ0v) is 18.0. The van der Waals surface area contributed by atoms with Crippen LogP contribution in [0.4, 0.5) is 4.79 Å². The standard InChI is InChI=1S/C26H27N3O3/c30-26(32-25-16-29-11-7-17(25)8-12-29)28-23-9-13-31-24-14-18(4-5-22(23)24)20-3-1-2-19-15-27-10-6-21(19)20/h1-6,10,14-15,17,23,25H,7-9,11-13,16H2,(H,28,30)/t23?,25-/m0/s1. The van der Waals surface area contributed by atoms with Gasteiger partial charge in [0, 0.05) is 36.3 Å². The van der Waals surface area contributed by atoms with Crippen molar-refractivity contribution in [2.45, 2.75) is 31.4 Å². The molecule has 7 rings (SSSR count). The minimum Gasteiger partial charge on any atom is -0.493 e. The number of ether oxygens (including phenoxy) is 2. The molecule has 2 atom stereocenters. The van der Waals surface area contributed by atoms with Crippen LogP contribution in [-0.4, -0.2) is 48.3 Å². The van der Waals surface area contributed by atoms with E-state index in [-0.39, 0.29) is 18.2 Å². The molecule has 6 nitrogen and oxygen atoms in total. The van der Waals surface area contributed by atoms with Crippen molar-refractivity contribution in [1.29, 1.82) is 0 Å². The van der Waals surface area contributed by atoms with Gasteiger partial charge in [-0.1, -0.05) is 30.3 Å². The topological polar surface area (TPSA) is 63.7 Å². The van der Waals surface area contributed by atoms with Gasteiger partial charge < -0.3 is 14.8 Å². The maximum Gasteiger partial charge on any atom is 0.407 e. The average molecular weight is 430 g/mol. The third-order valence-electron chi connectivity index (χ3n) is 7.19. The Morgan fingerprint density at radius 3 is 2.88 bits per heavy atom. The first-order valence-electron chi connectivity index (χ1n) is 11.5. The molecule has 5 heterocycles. The predicted octanol–water partition coefficient (Wildman–Crippen LogP) is 4.55. The minimum atomic E-state index is -0.313. The summed E-state index contributed by atoms with van der Waals surface area (Å²) < 4.78 is 11.8. The second-order valence-corrected chi connectivity index (χ2v) is 9.07. The second kappa shape index (κ2) is 8.10. The van der Waals surface area contributed by atoms with Gasteiger partial charge in [0.25, 0.3) is 0 Å². The van der Waals surface area contributed by atoms with Crippen LogP contribution in [0, 0.1) is 5.92 Å². The van der Waals surface area contributed by atoms with E-state index in [0.29, 0.717) is 12.5 Å². The van der Waals surface area contributed by atoms with E-state index in [1.165, 1.54) is 0 Å². The number of carbonyl (C=O) groups excluding carboxylic acids is 1. The van der Waals surface area contributed by atoms with Gasteiger partial charge in [-0.05, 0) is 60.5 Å². The fourth-order valence-corrected chi connectivity index (χ4v) is 5.44. The van der Waals surface area contributed by atoms with Crippen molar-refractivity contribution < 1.29 is 14.3 Å². The number of nitrogens with one attached hydrogen (secondary N) is 1. The van der Waals surface area contributed by atoms with Gasteiger partial charge in [0.15, 0.2) is 0 Å². The van der Waals surface area contributed by atoms with Crippen molar-refractivity contribution in [1.82, 2.24) is 15.2 Å². The highest BCUT2D eigenvalue weighted by Gasteiger charge is 2.37. The van der Waals surface area contributed by atoms with Crippen LogP contribution in [-0.2, 0) is 4.74 Å². The van der Waals surface area contributed by atoms with E-state index in [9.17, 15) is 4.79 Å². The third-order valence-corrected chi connectivity index (χ3v) is 7.19. The van der Waals surface area contributed by atoms with Gasteiger partial charge in [-0.15, -0.1) is 0 Å². The SMILES string of the molecule is O=C(NC1CCOc2cc(-c3cccc4cnccc34)ccc21)O[C@H]1CN2CCC1CC2. The van der Waals surface area contributed by atoms with Gasteiger partial charge in [0.2, 0.25) is 0 Å². The molecule has 1 aromatic heterocycles. The number of benzene rings is 2. The van der Waals surface area contributed by atoms with Crippen LogP contribution in [0.25, 0.3) is 21.9 Å². The number of nitrogens with zero attached hydrogens (tertiary/aromatic N) is 2. The number of piperidine rings is 3. The van der Waals surface area contributed by atoms with Crippen LogP contribution in [0.2, 0.25) is 0 Å². The summed E-state index contributed by atoms with van der Waals surface area (Å²) in [5, 5.41) is 5.37. The number of rotatable bonds is 3. The first kappa shape index (κ1) is 19.6. The number of carbonyl (C=O) groups is 1.